The molecule has 0 saturated carbocycles. The van der Waals surface area contributed by atoms with Gasteiger partial charge in [0.15, 0.2) is 0 Å². The first-order chi connectivity index (χ1) is 10.9. The van der Waals surface area contributed by atoms with Crippen molar-refractivity contribution in [2.24, 2.45) is 4.99 Å². The number of ether oxygens (including phenoxy) is 1. The van der Waals surface area contributed by atoms with Crippen LogP contribution in [-0.4, -0.2) is 17.6 Å². The number of carbonyl (C=O) groups excluding carboxylic acids is 2. The molecule has 1 aliphatic heterocycles. The van der Waals surface area contributed by atoms with Gasteiger partial charge in [-0.1, -0.05) is 11.6 Å². The van der Waals surface area contributed by atoms with Gasteiger partial charge in [0.05, 0.1) is 5.69 Å². The van der Waals surface area contributed by atoms with Crippen molar-refractivity contribution in [1.29, 1.82) is 0 Å². The maximum Gasteiger partial charge on any atom is 0.355 e. The Balaban J connectivity index is 1.80. The molecular weight excluding hydrogens is 323 g/mol. The fourth-order valence-electron chi connectivity index (χ4n) is 2.10. The van der Waals surface area contributed by atoms with Crippen LogP contribution in [0.3, 0.4) is 0 Å². The summed E-state index contributed by atoms with van der Waals surface area (Å²) in [6.07, 6.45) is 0. The van der Waals surface area contributed by atoms with Crippen LogP contribution >= 0.6 is 11.6 Å². The lowest BCUT2D eigenvalue weighted by molar-refractivity contribution is -0.111. The van der Waals surface area contributed by atoms with E-state index >= 15 is 0 Å². The van der Waals surface area contributed by atoms with E-state index in [1.807, 2.05) is 0 Å². The Hall–Kier alpha value is -2.73. The normalized spacial score (nSPS) is 14.2. The molecule has 0 fully saturated rings. The molecule has 0 unspecified atom stereocenters. The molecule has 1 heterocycles. The second-order valence-corrected chi connectivity index (χ2v) is 5.26. The molecule has 0 aliphatic carbocycles. The van der Waals surface area contributed by atoms with E-state index in [1.165, 1.54) is 25.1 Å². The summed E-state index contributed by atoms with van der Waals surface area (Å²) in [4.78, 5) is 28.1. The number of hydrogen-bond donors (Lipinski definition) is 0. The number of nitrogens with zero attached hydrogens (tertiary/aromatic N) is 2. The Morgan fingerprint density at radius 2 is 1.78 bits per heavy atom. The van der Waals surface area contributed by atoms with Crippen LogP contribution in [0.4, 0.5) is 14.9 Å². The van der Waals surface area contributed by atoms with Crippen molar-refractivity contribution >= 4 is 34.9 Å². The van der Waals surface area contributed by atoms with Gasteiger partial charge in [-0.3, -0.25) is 4.79 Å². The number of halogens is 2. The molecule has 0 radical (unpaired) electrons. The Morgan fingerprint density at radius 3 is 2.35 bits per heavy atom. The molecule has 5 nitrogen and oxygen atoms in total. The fraction of sp³-hybridized carbons (Fsp3) is 0.0625. The van der Waals surface area contributed by atoms with E-state index in [1.54, 1.807) is 24.3 Å². The van der Waals surface area contributed by atoms with Crippen molar-refractivity contribution in [3.05, 3.63) is 53.3 Å². The van der Waals surface area contributed by atoms with Gasteiger partial charge in [0, 0.05) is 11.1 Å². The summed E-state index contributed by atoms with van der Waals surface area (Å²) >= 11 is 5.76. The van der Waals surface area contributed by atoms with Gasteiger partial charge >= 0.3 is 6.03 Å². The topological polar surface area (TPSA) is 59.0 Å². The quantitative estimate of drug-likeness (QED) is 0.846. The minimum atomic E-state index is -0.627. The summed E-state index contributed by atoms with van der Waals surface area (Å²) < 4.78 is 18.8. The first-order valence-corrected chi connectivity index (χ1v) is 6.99. The van der Waals surface area contributed by atoms with Crippen molar-refractivity contribution in [3.8, 4) is 11.5 Å². The summed E-state index contributed by atoms with van der Waals surface area (Å²) in [5, 5.41) is 0.220. The number of urea groups is 1. The van der Waals surface area contributed by atoms with Crippen molar-refractivity contribution < 1.29 is 18.7 Å². The predicted molar refractivity (Wildman–Crippen MR) is 83.9 cm³/mol. The van der Waals surface area contributed by atoms with E-state index in [4.69, 9.17) is 16.3 Å². The number of aliphatic imine (C=N–C) groups is 1. The summed E-state index contributed by atoms with van der Waals surface area (Å²) in [5.41, 5.74) is 0.523. The van der Waals surface area contributed by atoms with Gasteiger partial charge in [-0.2, -0.15) is 4.99 Å². The van der Waals surface area contributed by atoms with E-state index in [0.717, 1.165) is 4.90 Å². The third kappa shape index (κ3) is 3.07. The van der Waals surface area contributed by atoms with Gasteiger partial charge in [-0.25, -0.2) is 14.1 Å². The molecule has 0 spiro atoms. The maximum atomic E-state index is 13.3. The molecule has 3 amide bonds. The monoisotopic (exact) mass is 332 g/mol. The van der Waals surface area contributed by atoms with E-state index in [-0.39, 0.29) is 16.5 Å². The summed E-state index contributed by atoms with van der Waals surface area (Å²) in [6, 6.07) is 9.42. The third-order valence-electron chi connectivity index (χ3n) is 3.13. The summed E-state index contributed by atoms with van der Waals surface area (Å²) in [6.45, 7) is 1.48. The molecule has 0 aromatic heterocycles. The van der Waals surface area contributed by atoms with Gasteiger partial charge in [-0.15, -0.1) is 0 Å². The van der Waals surface area contributed by atoms with Crippen LogP contribution in [0.25, 0.3) is 0 Å². The minimum absolute atomic E-state index is 0.143. The molecule has 0 N–H and O–H groups in total. The zero-order valence-electron chi connectivity index (χ0n) is 11.9. The first-order valence-electron chi connectivity index (χ1n) is 6.62. The van der Waals surface area contributed by atoms with Crippen molar-refractivity contribution in [2.45, 2.75) is 6.92 Å². The van der Waals surface area contributed by atoms with Gasteiger partial charge in [0.25, 0.3) is 5.91 Å². The highest BCUT2D eigenvalue weighted by molar-refractivity contribution is 6.53. The largest absolute Gasteiger partial charge is 0.457 e. The van der Waals surface area contributed by atoms with Crippen LogP contribution in [0, 0.1) is 5.82 Å². The lowest BCUT2D eigenvalue weighted by atomic mass is 10.2. The van der Waals surface area contributed by atoms with Crippen LogP contribution in [0.5, 0.6) is 11.5 Å². The standard InChI is InChI=1S/C16H10ClFN2O3/c1-9-15(21)20(16(22)19-9)12-2-4-13(5-3-12)23-14-7-10(17)6-11(18)8-14/h2-8H,1H3. The SMILES string of the molecule is CC1=NC(=O)N(c2ccc(Oc3cc(F)cc(Cl)c3)cc2)C1=O. The number of anilines is 1. The molecule has 23 heavy (non-hydrogen) atoms. The average molecular weight is 333 g/mol. The number of rotatable bonds is 3. The maximum absolute atomic E-state index is 13.3. The van der Waals surface area contributed by atoms with Gasteiger partial charge in [0.2, 0.25) is 0 Å². The summed E-state index contributed by atoms with van der Waals surface area (Å²) in [5.74, 6) is -0.312. The van der Waals surface area contributed by atoms with Gasteiger partial charge in [-0.05, 0) is 43.3 Å². The van der Waals surface area contributed by atoms with Gasteiger partial charge in [0.1, 0.15) is 23.0 Å². The number of benzene rings is 2. The lowest BCUT2D eigenvalue weighted by Gasteiger charge is -2.13. The lowest BCUT2D eigenvalue weighted by Crippen LogP contribution is -2.31. The molecule has 0 atom stereocenters. The highest BCUT2D eigenvalue weighted by atomic mass is 35.5. The number of imide groups is 1. The Bertz CT molecular complexity index is 813. The number of amides is 3. The molecule has 0 saturated heterocycles. The van der Waals surface area contributed by atoms with E-state index < -0.39 is 17.8 Å². The average Bonchev–Trinajstić information content (AvgIpc) is 2.72. The van der Waals surface area contributed by atoms with Crippen LogP contribution in [-0.2, 0) is 4.79 Å². The van der Waals surface area contributed by atoms with Crippen LogP contribution in [0.1, 0.15) is 6.92 Å². The molecule has 116 valence electrons. The third-order valence-corrected chi connectivity index (χ3v) is 3.35. The second kappa shape index (κ2) is 5.81. The molecule has 0 bridgehead atoms. The zero-order chi connectivity index (χ0) is 16.6. The highest BCUT2D eigenvalue weighted by Gasteiger charge is 2.31. The number of carbonyl (C=O) groups is 2. The Morgan fingerprint density at radius 1 is 1.09 bits per heavy atom. The molecule has 2 aromatic rings. The second-order valence-electron chi connectivity index (χ2n) is 4.82. The Kier molecular flexibility index (Phi) is 3.83. The fourth-order valence-corrected chi connectivity index (χ4v) is 2.32. The molecule has 7 heteroatoms. The first kappa shape index (κ1) is 15.2. The van der Waals surface area contributed by atoms with Gasteiger partial charge < -0.3 is 4.74 Å². The summed E-state index contributed by atoms with van der Waals surface area (Å²) in [7, 11) is 0. The van der Waals surface area contributed by atoms with Crippen molar-refractivity contribution in [2.75, 3.05) is 4.90 Å². The highest BCUT2D eigenvalue weighted by Crippen LogP contribution is 2.28. The Labute approximate surface area is 136 Å². The molecular formula is C16H10ClFN2O3. The molecule has 1 aliphatic rings. The van der Waals surface area contributed by atoms with Crippen molar-refractivity contribution in [1.82, 2.24) is 0 Å². The van der Waals surface area contributed by atoms with E-state index in [9.17, 15) is 14.0 Å². The smallest absolute Gasteiger partial charge is 0.355 e. The van der Waals surface area contributed by atoms with Crippen LogP contribution in [0.2, 0.25) is 5.02 Å². The van der Waals surface area contributed by atoms with E-state index in [0.29, 0.717) is 11.4 Å². The molecule has 3 rings (SSSR count). The minimum Gasteiger partial charge on any atom is -0.457 e. The number of hydrogen-bond acceptors (Lipinski definition) is 3. The van der Waals surface area contributed by atoms with Crippen molar-refractivity contribution in [3.63, 3.8) is 0 Å². The molecule has 2 aromatic carbocycles. The zero-order valence-corrected chi connectivity index (χ0v) is 12.7. The van der Waals surface area contributed by atoms with E-state index in [2.05, 4.69) is 4.99 Å². The predicted octanol–water partition coefficient (Wildman–Crippen LogP) is 4.20. The van der Waals surface area contributed by atoms with Crippen LogP contribution in [0.15, 0.2) is 47.5 Å². The van der Waals surface area contributed by atoms with Crippen LogP contribution < -0.4 is 9.64 Å².